The number of para-hydroxylation sites is 1. The second kappa shape index (κ2) is 10.1. The van der Waals surface area contributed by atoms with E-state index in [4.69, 9.17) is 4.42 Å². The number of furan rings is 1. The number of hydrogen-bond acceptors (Lipinski definition) is 6. The molecule has 0 radical (unpaired) electrons. The van der Waals surface area contributed by atoms with Crippen LogP contribution in [0.2, 0.25) is 0 Å². The lowest BCUT2D eigenvalue weighted by Crippen LogP contribution is -2.21. The molecule has 2 aromatic carbocycles. The molecule has 0 aliphatic carbocycles. The van der Waals surface area contributed by atoms with Crippen molar-refractivity contribution in [1.82, 2.24) is 20.2 Å². The molecule has 34 heavy (non-hydrogen) atoms. The lowest BCUT2D eigenvalue weighted by Gasteiger charge is -2.19. The van der Waals surface area contributed by atoms with Gasteiger partial charge in [-0.05, 0) is 42.2 Å². The van der Waals surface area contributed by atoms with Gasteiger partial charge in [0.1, 0.15) is 11.5 Å². The first-order valence-electron chi connectivity index (χ1n) is 10.9. The summed E-state index contributed by atoms with van der Waals surface area (Å²) in [5, 5.41) is 13.6. The van der Waals surface area contributed by atoms with Crippen LogP contribution in [0.3, 0.4) is 0 Å². The Hall–Kier alpha value is -3.65. The molecule has 0 saturated carbocycles. The topological polar surface area (TPSA) is 85.3 Å². The predicted molar refractivity (Wildman–Crippen MR) is 135 cm³/mol. The molecule has 0 aliphatic heterocycles. The molecule has 1 N–H and O–H groups in total. The highest BCUT2D eigenvalue weighted by atomic mass is 32.2. The Morgan fingerprint density at radius 2 is 1.76 bits per heavy atom. The van der Waals surface area contributed by atoms with Gasteiger partial charge in [0.2, 0.25) is 0 Å². The van der Waals surface area contributed by atoms with Crippen LogP contribution in [0.15, 0.2) is 87.7 Å². The molecule has 0 atom stereocenters. The van der Waals surface area contributed by atoms with Crippen LogP contribution in [0.5, 0.6) is 0 Å². The van der Waals surface area contributed by atoms with Crippen molar-refractivity contribution in [1.29, 1.82) is 0 Å². The Morgan fingerprint density at radius 3 is 2.41 bits per heavy atom. The van der Waals surface area contributed by atoms with Crippen LogP contribution in [0.25, 0.3) is 17.1 Å². The van der Waals surface area contributed by atoms with Crippen LogP contribution < -0.4 is 5.43 Å². The fraction of sp³-hybridized carbons (Fsp3) is 0.231. The molecular weight excluding hydrogens is 446 g/mol. The minimum Gasteiger partial charge on any atom is -0.463 e. The Labute approximate surface area is 203 Å². The third-order valence-corrected chi connectivity index (χ3v) is 6.14. The minimum absolute atomic E-state index is 0.0672. The zero-order valence-corrected chi connectivity index (χ0v) is 20.5. The highest BCUT2D eigenvalue weighted by molar-refractivity contribution is 7.99. The second-order valence-electron chi connectivity index (χ2n) is 8.80. The molecule has 0 unspecified atom stereocenters. The van der Waals surface area contributed by atoms with Gasteiger partial charge in [0.15, 0.2) is 11.0 Å². The highest BCUT2D eigenvalue weighted by Crippen LogP contribution is 2.30. The summed E-state index contributed by atoms with van der Waals surface area (Å²) in [7, 11) is 0. The van der Waals surface area contributed by atoms with Crippen molar-refractivity contribution in [3.8, 4) is 17.1 Å². The molecule has 0 aliphatic rings. The number of aromatic nitrogens is 3. The number of benzene rings is 2. The quantitative estimate of drug-likeness (QED) is 0.219. The molecule has 4 rings (SSSR count). The molecule has 0 saturated heterocycles. The van der Waals surface area contributed by atoms with E-state index in [-0.39, 0.29) is 17.1 Å². The first-order chi connectivity index (χ1) is 16.3. The Bertz CT molecular complexity index is 1270. The Kier molecular flexibility index (Phi) is 6.98. The van der Waals surface area contributed by atoms with Crippen molar-refractivity contribution < 1.29 is 9.21 Å². The average molecular weight is 474 g/mol. The average Bonchev–Trinajstić information content (AvgIpc) is 3.52. The van der Waals surface area contributed by atoms with E-state index < -0.39 is 0 Å². The van der Waals surface area contributed by atoms with Gasteiger partial charge in [-0.2, -0.15) is 5.10 Å². The molecule has 4 aromatic rings. The lowest BCUT2D eigenvalue weighted by atomic mass is 9.87. The normalized spacial score (nSPS) is 12.1. The highest BCUT2D eigenvalue weighted by Gasteiger charge is 2.19. The van der Waals surface area contributed by atoms with E-state index in [0.717, 1.165) is 17.1 Å². The lowest BCUT2D eigenvalue weighted by molar-refractivity contribution is -0.118. The molecule has 1 amide bonds. The summed E-state index contributed by atoms with van der Waals surface area (Å²) < 4.78 is 7.26. The van der Waals surface area contributed by atoms with Gasteiger partial charge in [-0.1, -0.05) is 75.0 Å². The van der Waals surface area contributed by atoms with Crippen molar-refractivity contribution in [3.05, 3.63) is 84.3 Å². The van der Waals surface area contributed by atoms with Crippen LogP contribution in [0.1, 0.15) is 39.0 Å². The van der Waals surface area contributed by atoms with E-state index in [1.165, 1.54) is 17.3 Å². The van der Waals surface area contributed by atoms with Gasteiger partial charge in [-0.25, -0.2) is 5.43 Å². The maximum absolute atomic E-state index is 12.4. The molecule has 8 heteroatoms. The van der Waals surface area contributed by atoms with Gasteiger partial charge >= 0.3 is 0 Å². The molecule has 2 heterocycles. The molecule has 7 nitrogen and oxygen atoms in total. The molecule has 2 aromatic heterocycles. The van der Waals surface area contributed by atoms with Gasteiger partial charge in [-0.3, -0.25) is 9.36 Å². The summed E-state index contributed by atoms with van der Waals surface area (Å²) in [6.45, 7) is 8.34. The van der Waals surface area contributed by atoms with Crippen molar-refractivity contribution in [2.45, 2.75) is 38.3 Å². The number of nitrogens with zero attached hydrogens (tertiary/aromatic N) is 4. The number of rotatable bonds is 7. The molecule has 0 fully saturated rings. The summed E-state index contributed by atoms with van der Waals surface area (Å²) in [4.78, 5) is 12.4. The summed E-state index contributed by atoms with van der Waals surface area (Å²) in [5.74, 6) is 1.23. The van der Waals surface area contributed by atoms with Gasteiger partial charge in [0.05, 0.1) is 12.0 Å². The van der Waals surface area contributed by atoms with E-state index in [1.54, 1.807) is 25.3 Å². The minimum atomic E-state index is -0.241. The van der Waals surface area contributed by atoms with Gasteiger partial charge < -0.3 is 4.42 Å². The first kappa shape index (κ1) is 23.5. The first-order valence-corrected chi connectivity index (χ1v) is 11.9. The van der Waals surface area contributed by atoms with Crippen LogP contribution in [-0.4, -0.2) is 32.1 Å². The zero-order chi connectivity index (χ0) is 24.1. The van der Waals surface area contributed by atoms with Crippen molar-refractivity contribution in [3.63, 3.8) is 0 Å². The summed E-state index contributed by atoms with van der Waals surface area (Å²) in [5.41, 5.74) is 6.37. The molecule has 0 spiro atoms. The number of amides is 1. The third-order valence-electron chi connectivity index (χ3n) is 5.22. The van der Waals surface area contributed by atoms with Crippen molar-refractivity contribution in [2.24, 2.45) is 5.10 Å². The molecule has 174 valence electrons. The largest absolute Gasteiger partial charge is 0.463 e. The van der Waals surface area contributed by atoms with Crippen LogP contribution in [0.4, 0.5) is 0 Å². The molecular formula is C26H27N5O2S. The standard InChI is InChI=1S/C26H27N5O2S/c1-18(22-11-8-16-33-22)27-28-23(32)17-34-25-30-29-24(31(25)21-9-6-5-7-10-21)19-12-14-20(15-13-19)26(2,3)4/h5-16H,17H2,1-4H3,(H,28,32)/b27-18+. The number of thioether (sulfide) groups is 1. The summed E-state index contributed by atoms with van der Waals surface area (Å²) in [6.07, 6.45) is 1.57. The molecule has 0 bridgehead atoms. The van der Waals surface area contributed by atoms with Gasteiger partial charge in [-0.15, -0.1) is 10.2 Å². The van der Waals surface area contributed by atoms with Gasteiger partial charge in [0.25, 0.3) is 5.91 Å². The number of hydrazone groups is 1. The van der Waals surface area contributed by atoms with Crippen LogP contribution in [-0.2, 0) is 10.2 Å². The van der Waals surface area contributed by atoms with Gasteiger partial charge in [0, 0.05) is 11.3 Å². The zero-order valence-electron chi connectivity index (χ0n) is 19.6. The predicted octanol–water partition coefficient (Wildman–Crippen LogP) is 5.46. The third kappa shape index (κ3) is 5.46. The smallest absolute Gasteiger partial charge is 0.250 e. The maximum Gasteiger partial charge on any atom is 0.250 e. The number of carbonyl (C=O) groups excluding carboxylic acids is 1. The SMILES string of the molecule is C/C(=N\NC(=O)CSc1nnc(-c2ccc(C(C)(C)C)cc2)n1-c1ccccc1)c1ccco1. The van der Waals surface area contributed by atoms with Crippen LogP contribution in [0, 0.1) is 0 Å². The van der Waals surface area contributed by atoms with E-state index in [9.17, 15) is 4.79 Å². The van der Waals surface area contributed by atoms with Crippen LogP contribution >= 0.6 is 11.8 Å². The Morgan fingerprint density at radius 1 is 1.03 bits per heavy atom. The van der Waals surface area contributed by atoms with E-state index in [0.29, 0.717) is 16.6 Å². The van der Waals surface area contributed by atoms with Crippen molar-refractivity contribution in [2.75, 3.05) is 5.75 Å². The summed E-state index contributed by atoms with van der Waals surface area (Å²) in [6, 6.07) is 21.8. The maximum atomic E-state index is 12.4. The monoisotopic (exact) mass is 473 g/mol. The fourth-order valence-corrected chi connectivity index (χ4v) is 4.07. The number of nitrogens with one attached hydrogen (secondary N) is 1. The second-order valence-corrected chi connectivity index (χ2v) is 9.75. The van der Waals surface area contributed by atoms with E-state index in [1.807, 2.05) is 34.9 Å². The summed E-state index contributed by atoms with van der Waals surface area (Å²) >= 11 is 1.31. The van der Waals surface area contributed by atoms with E-state index >= 15 is 0 Å². The fourth-order valence-electron chi connectivity index (χ4n) is 3.33. The number of hydrogen-bond donors (Lipinski definition) is 1. The van der Waals surface area contributed by atoms with Crippen molar-refractivity contribution >= 4 is 23.4 Å². The number of carbonyl (C=O) groups is 1. The Balaban J connectivity index is 1.55. The van der Waals surface area contributed by atoms with E-state index in [2.05, 4.69) is 65.8 Å².